The first-order chi connectivity index (χ1) is 8.72. The highest BCUT2D eigenvalue weighted by Crippen LogP contribution is 2.26. The molecule has 1 N–H and O–H groups in total. The highest BCUT2D eigenvalue weighted by molar-refractivity contribution is 9.09. The van der Waals surface area contributed by atoms with Crippen molar-refractivity contribution in [2.45, 2.75) is 11.4 Å². The quantitative estimate of drug-likeness (QED) is 0.693. The Balaban J connectivity index is 2.20. The minimum atomic E-state index is -0.335. The highest BCUT2D eigenvalue weighted by Gasteiger charge is 2.18. The molecule has 0 bridgehead atoms. The Labute approximate surface area is 114 Å². The van der Waals surface area contributed by atoms with Gasteiger partial charge in [-0.1, -0.05) is 70.5 Å². The predicted octanol–water partition coefficient (Wildman–Crippen LogP) is 3.50. The second-order valence-corrected chi connectivity index (χ2v) is 4.91. The zero-order valence-corrected chi connectivity index (χ0v) is 11.3. The molecule has 0 fully saturated rings. The Morgan fingerprint density at radius 1 is 1.06 bits per heavy atom. The number of Topliss-reactive ketones (excluding diaryl/α,β-unsaturated/α-hetero) is 1. The second-order valence-electron chi connectivity index (χ2n) is 3.99. The fourth-order valence-corrected chi connectivity index (χ4v) is 2.26. The van der Waals surface area contributed by atoms with E-state index in [2.05, 4.69) is 15.9 Å². The molecule has 0 saturated carbocycles. The van der Waals surface area contributed by atoms with Crippen molar-refractivity contribution in [2.75, 3.05) is 0 Å². The third-order valence-electron chi connectivity index (χ3n) is 2.74. The molecule has 18 heavy (non-hydrogen) atoms. The predicted molar refractivity (Wildman–Crippen MR) is 74.8 cm³/mol. The first-order valence-electron chi connectivity index (χ1n) is 5.65. The summed E-state index contributed by atoms with van der Waals surface area (Å²) in [4.78, 5) is 11.9. The van der Waals surface area contributed by atoms with Gasteiger partial charge < -0.3 is 5.11 Å². The molecule has 2 aromatic carbocycles. The number of benzene rings is 2. The topological polar surface area (TPSA) is 37.3 Å². The lowest BCUT2D eigenvalue weighted by Gasteiger charge is -2.09. The average Bonchev–Trinajstić information content (AvgIpc) is 2.47. The standard InChI is InChI=1S/C15H13BrO2/c16-14(12-4-2-1-3-5-12)15(18)13-8-6-11(10-17)7-9-13/h1-9,14,17H,10H2. The van der Waals surface area contributed by atoms with Crippen LogP contribution in [-0.4, -0.2) is 10.9 Å². The van der Waals surface area contributed by atoms with Gasteiger partial charge in [-0.25, -0.2) is 0 Å². The van der Waals surface area contributed by atoms with Crippen LogP contribution in [0, 0.1) is 0 Å². The van der Waals surface area contributed by atoms with Crippen LogP contribution in [-0.2, 0) is 6.61 Å². The SMILES string of the molecule is O=C(c1ccc(CO)cc1)C(Br)c1ccccc1. The molecule has 0 saturated heterocycles. The van der Waals surface area contributed by atoms with E-state index in [1.165, 1.54) is 0 Å². The number of carbonyl (C=O) groups excluding carboxylic acids is 1. The molecular formula is C15H13BrO2. The van der Waals surface area contributed by atoms with Crippen molar-refractivity contribution in [3.05, 3.63) is 71.3 Å². The fourth-order valence-electron chi connectivity index (χ4n) is 1.69. The molecule has 0 aliphatic heterocycles. The minimum Gasteiger partial charge on any atom is -0.392 e. The number of hydrogen-bond donors (Lipinski definition) is 1. The summed E-state index contributed by atoms with van der Waals surface area (Å²) in [5.41, 5.74) is 2.38. The van der Waals surface area contributed by atoms with Gasteiger partial charge in [-0.15, -0.1) is 0 Å². The van der Waals surface area contributed by atoms with Crippen LogP contribution in [0.1, 0.15) is 26.3 Å². The van der Waals surface area contributed by atoms with Gasteiger partial charge in [0, 0.05) is 5.56 Å². The maximum atomic E-state index is 12.2. The molecule has 2 aromatic rings. The number of aliphatic hydroxyl groups is 1. The first-order valence-corrected chi connectivity index (χ1v) is 6.57. The number of hydrogen-bond acceptors (Lipinski definition) is 2. The summed E-state index contributed by atoms with van der Waals surface area (Å²) in [7, 11) is 0. The van der Waals surface area contributed by atoms with Crippen LogP contribution in [0.3, 0.4) is 0 Å². The van der Waals surface area contributed by atoms with E-state index in [1.54, 1.807) is 24.3 Å². The third kappa shape index (κ3) is 2.86. The van der Waals surface area contributed by atoms with Crippen LogP contribution < -0.4 is 0 Å². The van der Waals surface area contributed by atoms with E-state index in [1.807, 2.05) is 30.3 Å². The van der Waals surface area contributed by atoms with Gasteiger partial charge in [-0.2, -0.15) is 0 Å². The van der Waals surface area contributed by atoms with Crippen molar-refractivity contribution >= 4 is 21.7 Å². The van der Waals surface area contributed by atoms with Crippen molar-refractivity contribution < 1.29 is 9.90 Å². The summed E-state index contributed by atoms with van der Waals surface area (Å²) >= 11 is 3.42. The molecule has 3 heteroatoms. The zero-order chi connectivity index (χ0) is 13.0. The van der Waals surface area contributed by atoms with Crippen LogP contribution in [0.2, 0.25) is 0 Å². The molecule has 2 rings (SSSR count). The highest BCUT2D eigenvalue weighted by atomic mass is 79.9. The summed E-state index contributed by atoms with van der Waals surface area (Å²) in [5.74, 6) is 0.0192. The first kappa shape index (κ1) is 13.0. The Bertz CT molecular complexity index is 520. The van der Waals surface area contributed by atoms with Gasteiger partial charge in [-0.05, 0) is 11.1 Å². The Morgan fingerprint density at radius 2 is 1.67 bits per heavy atom. The van der Waals surface area contributed by atoms with Gasteiger partial charge in [0.1, 0.15) is 4.83 Å². The van der Waals surface area contributed by atoms with E-state index in [0.717, 1.165) is 11.1 Å². The van der Waals surface area contributed by atoms with Crippen LogP contribution in [0.25, 0.3) is 0 Å². The normalized spacial score (nSPS) is 12.1. The summed E-state index contributed by atoms with van der Waals surface area (Å²) in [6, 6.07) is 16.6. The van der Waals surface area contributed by atoms with Crippen LogP contribution in [0.15, 0.2) is 54.6 Å². The lowest BCUT2D eigenvalue weighted by molar-refractivity contribution is 0.0991. The maximum absolute atomic E-state index is 12.2. The minimum absolute atomic E-state index is 0.00903. The van der Waals surface area contributed by atoms with Gasteiger partial charge in [0.15, 0.2) is 5.78 Å². The molecule has 0 aliphatic carbocycles. The molecule has 0 spiro atoms. The smallest absolute Gasteiger partial charge is 0.180 e. The van der Waals surface area contributed by atoms with Crippen LogP contribution in [0.4, 0.5) is 0 Å². The number of rotatable bonds is 4. The monoisotopic (exact) mass is 304 g/mol. The Morgan fingerprint density at radius 3 is 2.22 bits per heavy atom. The molecule has 0 radical (unpaired) electrons. The summed E-state index contributed by atoms with van der Waals surface area (Å²) < 4.78 is 0. The van der Waals surface area contributed by atoms with Gasteiger partial charge >= 0.3 is 0 Å². The second kappa shape index (κ2) is 5.94. The van der Waals surface area contributed by atoms with E-state index in [9.17, 15) is 4.79 Å². The Kier molecular flexibility index (Phi) is 4.28. The Hall–Kier alpha value is -1.45. The number of alkyl halides is 1. The molecule has 1 unspecified atom stereocenters. The average molecular weight is 305 g/mol. The van der Waals surface area contributed by atoms with Crippen molar-refractivity contribution in [1.82, 2.24) is 0 Å². The molecule has 2 nitrogen and oxygen atoms in total. The van der Waals surface area contributed by atoms with Gasteiger partial charge in [0.2, 0.25) is 0 Å². The third-order valence-corrected chi connectivity index (χ3v) is 3.69. The van der Waals surface area contributed by atoms with Crippen LogP contribution >= 0.6 is 15.9 Å². The lowest BCUT2D eigenvalue weighted by atomic mass is 10.0. The van der Waals surface area contributed by atoms with Crippen LogP contribution in [0.5, 0.6) is 0 Å². The molecular weight excluding hydrogens is 292 g/mol. The molecule has 0 aliphatic rings. The van der Waals surface area contributed by atoms with Gasteiger partial charge in [0.25, 0.3) is 0 Å². The van der Waals surface area contributed by atoms with Gasteiger partial charge in [-0.3, -0.25) is 4.79 Å². The van der Waals surface area contributed by atoms with Crippen molar-refractivity contribution in [3.63, 3.8) is 0 Å². The van der Waals surface area contributed by atoms with Crippen molar-refractivity contribution in [1.29, 1.82) is 0 Å². The van der Waals surface area contributed by atoms with E-state index in [-0.39, 0.29) is 17.2 Å². The molecule has 92 valence electrons. The number of ketones is 1. The fraction of sp³-hybridized carbons (Fsp3) is 0.133. The largest absolute Gasteiger partial charge is 0.392 e. The number of halogens is 1. The summed E-state index contributed by atoms with van der Waals surface area (Å²) in [6.07, 6.45) is 0. The van der Waals surface area contributed by atoms with Crippen molar-refractivity contribution in [3.8, 4) is 0 Å². The van der Waals surface area contributed by atoms with Gasteiger partial charge in [0.05, 0.1) is 6.61 Å². The van der Waals surface area contributed by atoms with E-state index in [4.69, 9.17) is 5.11 Å². The summed E-state index contributed by atoms with van der Waals surface area (Å²) in [6.45, 7) is -0.00903. The number of carbonyl (C=O) groups is 1. The molecule has 0 heterocycles. The maximum Gasteiger partial charge on any atom is 0.180 e. The summed E-state index contributed by atoms with van der Waals surface area (Å²) in [5, 5.41) is 8.96. The van der Waals surface area contributed by atoms with E-state index >= 15 is 0 Å². The lowest BCUT2D eigenvalue weighted by Crippen LogP contribution is -2.07. The molecule has 0 aromatic heterocycles. The zero-order valence-electron chi connectivity index (χ0n) is 9.71. The van der Waals surface area contributed by atoms with E-state index < -0.39 is 0 Å². The van der Waals surface area contributed by atoms with E-state index in [0.29, 0.717) is 5.56 Å². The number of aliphatic hydroxyl groups excluding tert-OH is 1. The molecule has 1 atom stereocenters. The van der Waals surface area contributed by atoms with Crippen molar-refractivity contribution in [2.24, 2.45) is 0 Å². The molecule has 0 amide bonds.